The number of amides is 2. The molecule has 8 heteroatoms. The maximum absolute atomic E-state index is 12.8. The van der Waals surface area contributed by atoms with Crippen molar-refractivity contribution in [3.8, 4) is 0 Å². The normalized spacial score (nSPS) is 13.3. The van der Waals surface area contributed by atoms with E-state index in [0.29, 0.717) is 23.7 Å². The van der Waals surface area contributed by atoms with E-state index in [1.54, 1.807) is 35.8 Å². The lowest BCUT2D eigenvalue weighted by Gasteiger charge is -2.16. The third-order valence-electron chi connectivity index (χ3n) is 5.48. The van der Waals surface area contributed by atoms with Crippen LogP contribution < -0.4 is 5.32 Å². The van der Waals surface area contributed by atoms with Gasteiger partial charge in [-0.1, -0.05) is 12.1 Å². The fourth-order valence-electron chi connectivity index (χ4n) is 3.90. The smallest absolute Gasteiger partial charge is 0.338 e. The maximum Gasteiger partial charge on any atom is 0.338 e. The number of nitrogens with zero attached hydrogens (tertiary/aromatic N) is 3. The number of carbonyl (C=O) groups excluding carboxylic acids is 3. The molecule has 0 atom stereocenters. The molecule has 8 nitrogen and oxygen atoms in total. The number of hydrogen-bond donors (Lipinski definition) is 1. The van der Waals surface area contributed by atoms with Crippen LogP contribution in [-0.4, -0.2) is 51.9 Å². The lowest BCUT2D eigenvalue weighted by Crippen LogP contribution is -2.30. The Balaban J connectivity index is 1.49. The van der Waals surface area contributed by atoms with Gasteiger partial charge in [-0.15, -0.1) is 0 Å². The number of imidazole rings is 1. The van der Waals surface area contributed by atoms with Gasteiger partial charge >= 0.3 is 5.97 Å². The van der Waals surface area contributed by atoms with Crippen molar-refractivity contribution in [2.45, 2.75) is 32.7 Å². The summed E-state index contributed by atoms with van der Waals surface area (Å²) in [6.07, 6.45) is 2.22. The van der Waals surface area contributed by atoms with Crippen molar-refractivity contribution in [2.75, 3.05) is 25.0 Å². The Kier molecular flexibility index (Phi) is 6.49. The number of rotatable bonds is 7. The van der Waals surface area contributed by atoms with Crippen LogP contribution in [0, 0.1) is 0 Å². The highest BCUT2D eigenvalue weighted by molar-refractivity contribution is 5.94. The van der Waals surface area contributed by atoms with Gasteiger partial charge in [-0.25, -0.2) is 9.78 Å². The van der Waals surface area contributed by atoms with Crippen molar-refractivity contribution < 1.29 is 19.1 Å². The number of fused-ring (bicyclic) bond motifs is 1. The van der Waals surface area contributed by atoms with E-state index in [2.05, 4.69) is 10.3 Å². The third kappa shape index (κ3) is 4.80. The zero-order chi connectivity index (χ0) is 22.5. The van der Waals surface area contributed by atoms with E-state index in [0.717, 1.165) is 37.0 Å². The van der Waals surface area contributed by atoms with Gasteiger partial charge in [0.15, 0.2) is 0 Å². The van der Waals surface area contributed by atoms with Crippen LogP contribution in [0.4, 0.5) is 5.69 Å². The molecule has 0 saturated carbocycles. The molecule has 4 rings (SSSR count). The van der Waals surface area contributed by atoms with Gasteiger partial charge in [0.25, 0.3) is 0 Å². The number of hydrogen-bond acceptors (Lipinski definition) is 5. The molecule has 1 fully saturated rings. The van der Waals surface area contributed by atoms with Crippen LogP contribution in [0.1, 0.15) is 35.9 Å². The number of carbonyl (C=O) groups is 3. The predicted octanol–water partition coefficient (Wildman–Crippen LogP) is 3.02. The summed E-state index contributed by atoms with van der Waals surface area (Å²) in [6.45, 7) is 3.64. The fraction of sp³-hybridized carbons (Fsp3) is 0.333. The van der Waals surface area contributed by atoms with Crippen molar-refractivity contribution in [3.63, 3.8) is 0 Å². The minimum atomic E-state index is -0.400. The van der Waals surface area contributed by atoms with Gasteiger partial charge in [0, 0.05) is 18.8 Å². The molecule has 0 aliphatic carbocycles. The second-order valence-electron chi connectivity index (χ2n) is 7.71. The number of aromatic nitrogens is 2. The van der Waals surface area contributed by atoms with Crippen LogP contribution in [-0.2, 0) is 27.3 Å². The van der Waals surface area contributed by atoms with E-state index in [9.17, 15) is 14.4 Å². The number of anilines is 1. The van der Waals surface area contributed by atoms with Gasteiger partial charge in [-0.05, 0) is 56.2 Å². The Morgan fingerprint density at radius 3 is 2.47 bits per heavy atom. The molecule has 1 aliphatic heterocycles. The van der Waals surface area contributed by atoms with Crippen LogP contribution in [0.3, 0.4) is 0 Å². The van der Waals surface area contributed by atoms with Crippen LogP contribution >= 0.6 is 0 Å². The molecule has 1 aromatic heterocycles. The quantitative estimate of drug-likeness (QED) is 0.577. The van der Waals surface area contributed by atoms with Crippen molar-refractivity contribution in [1.82, 2.24) is 14.5 Å². The SMILES string of the molecule is CCOC(=O)c1ccc(NC(=O)Cn2c(CC(=O)N3CCCC3)nc3ccccc32)cc1. The summed E-state index contributed by atoms with van der Waals surface area (Å²) < 4.78 is 6.77. The molecule has 3 aromatic rings. The molecule has 1 aliphatic rings. The molecule has 0 bridgehead atoms. The van der Waals surface area contributed by atoms with Crippen molar-refractivity contribution >= 4 is 34.5 Å². The molecule has 0 spiro atoms. The molecule has 166 valence electrons. The van der Waals surface area contributed by atoms with Crippen molar-refractivity contribution in [1.29, 1.82) is 0 Å². The third-order valence-corrected chi connectivity index (χ3v) is 5.48. The average Bonchev–Trinajstić information content (AvgIpc) is 3.44. The van der Waals surface area contributed by atoms with Crippen LogP contribution in [0.15, 0.2) is 48.5 Å². The van der Waals surface area contributed by atoms with Crippen molar-refractivity contribution in [2.24, 2.45) is 0 Å². The van der Waals surface area contributed by atoms with Gasteiger partial charge in [0.05, 0.1) is 29.6 Å². The standard InChI is InChI=1S/C24H26N4O4/c1-2-32-24(31)17-9-11-18(12-10-17)25-22(29)16-28-20-8-4-3-7-19(20)26-21(28)15-23(30)27-13-5-6-14-27/h3-4,7-12H,2,5-6,13-16H2,1H3,(H,25,29). The van der Waals surface area contributed by atoms with E-state index in [1.165, 1.54) is 0 Å². The summed E-state index contributed by atoms with van der Waals surface area (Å²) in [5.74, 6) is -0.0283. The van der Waals surface area contributed by atoms with Gasteiger partial charge in [-0.3, -0.25) is 9.59 Å². The number of benzene rings is 2. The summed E-state index contributed by atoms with van der Waals surface area (Å²) in [6, 6.07) is 14.1. The molecule has 32 heavy (non-hydrogen) atoms. The summed E-state index contributed by atoms with van der Waals surface area (Å²) >= 11 is 0. The number of ether oxygens (including phenoxy) is 1. The maximum atomic E-state index is 12.8. The van der Waals surface area contributed by atoms with Crippen LogP contribution in [0.2, 0.25) is 0 Å². The van der Waals surface area contributed by atoms with Gasteiger partial charge < -0.3 is 19.5 Å². The molecule has 1 saturated heterocycles. The summed E-state index contributed by atoms with van der Waals surface area (Å²) in [5, 5.41) is 2.84. The largest absolute Gasteiger partial charge is 0.462 e. The van der Waals surface area contributed by atoms with E-state index in [-0.39, 0.29) is 24.8 Å². The van der Waals surface area contributed by atoms with Crippen molar-refractivity contribution in [3.05, 3.63) is 59.9 Å². The Labute approximate surface area is 186 Å². The molecular formula is C24H26N4O4. The topological polar surface area (TPSA) is 93.5 Å². The minimum Gasteiger partial charge on any atom is -0.462 e. The molecule has 1 N–H and O–H groups in total. The number of para-hydroxylation sites is 2. The summed E-state index contributed by atoms with van der Waals surface area (Å²) in [4.78, 5) is 43.7. The van der Waals surface area contributed by atoms with Crippen LogP contribution in [0.25, 0.3) is 11.0 Å². The van der Waals surface area contributed by atoms with E-state index < -0.39 is 5.97 Å². The number of likely N-dealkylation sites (tertiary alicyclic amines) is 1. The monoisotopic (exact) mass is 434 g/mol. The number of esters is 1. The summed E-state index contributed by atoms with van der Waals surface area (Å²) in [5.41, 5.74) is 2.56. The Morgan fingerprint density at radius 2 is 1.75 bits per heavy atom. The molecule has 0 unspecified atom stereocenters. The van der Waals surface area contributed by atoms with Gasteiger partial charge in [0.2, 0.25) is 11.8 Å². The Morgan fingerprint density at radius 1 is 1.03 bits per heavy atom. The first-order valence-electron chi connectivity index (χ1n) is 10.8. The minimum absolute atomic E-state index is 0.0305. The summed E-state index contributed by atoms with van der Waals surface area (Å²) in [7, 11) is 0. The zero-order valence-electron chi connectivity index (χ0n) is 18.0. The van der Waals surface area contributed by atoms with E-state index in [1.807, 2.05) is 29.2 Å². The molecular weight excluding hydrogens is 408 g/mol. The first-order chi connectivity index (χ1) is 15.5. The highest BCUT2D eigenvalue weighted by Gasteiger charge is 2.22. The zero-order valence-corrected chi connectivity index (χ0v) is 18.0. The molecule has 0 radical (unpaired) electrons. The Bertz CT molecular complexity index is 1130. The molecule has 2 amide bonds. The Hall–Kier alpha value is -3.68. The molecule has 2 heterocycles. The second-order valence-corrected chi connectivity index (χ2v) is 7.71. The van der Waals surface area contributed by atoms with E-state index >= 15 is 0 Å². The lowest BCUT2D eigenvalue weighted by molar-refractivity contribution is -0.129. The number of nitrogens with one attached hydrogen (secondary N) is 1. The highest BCUT2D eigenvalue weighted by atomic mass is 16.5. The lowest BCUT2D eigenvalue weighted by atomic mass is 10.2. The highest BCUT2D eigenvalue weighted by Crippen LogP contribution is 2.19. The average molecular weight is 434 g/mol. The second kappa shape index (κ2) is 9.64. The molecule has 2 aromatic carbocycles. The first kappa shape index (κ1) is 21.5. The first-order valence-corrected chi connectivity index (χ1v) is 10.8. The van der Waals surface area contributed by atoms with Crippen LogP contribution in [0.5, 0.6) is 0 Å². The fourth-order valence-corrected chi connectivity index (χ4v) is 3.90. The predicted molar refractivity (Wildman–Crippen MR) is 120 cm³/mol. The van der Waals surface area contributed by atoms with Gasteiger partial charge in [-0.2, -0.15) is 0 Å². The van der Waals surface area contributed by atoms with Gasteiger partial charge in [0.1, 0.15) is 12.4 Å². The van der Waals surface area contributed by atoms with E-state index in [4.69, 9.17) is 4.74 Å².